The zero-order chi connectivity index (χ0) is 11.4. The van der Waals surface area contributed by atoms with Crippen LogP contribution in [-0.2, 0) is 0 Å². The molecular weight excluding hydrogens is 222 g/mol. The van der Waals surface area contributed by atoms with Crippen molar-refractivity contribution in [1.82, 2.24) is 4.98 Å². The summed E-state index contributed by atoms with van der Waals surface area (Å²) in [6, 6.07) is 10.8. The van der Waals surface area contributed by atoms with Gasteiger partial charge in [0.25, 0.3) is 0 Å². The van der Waals surface area contributed by atoms with Crippen molar-refractivity contribution in [3.63, 3.8) is 0 Å². The fourth-order valence-electron chi connectivity index (χ4n) is 1.18. The van der Waals surface area contributed by atoms with E-state index in [2.05, 4.69) is 4.98 Å². The maximum absolute atomic E-state index is 9.15. The first-order valence-corrected chi connectivity index (χ1v) is 5.56. The Hall–Kier alpha value is -1.68. The molecule has 0 unspecified atom stereocenters. The monoisotopic (exact) mass is 233 g/mol. The normalized spacial score (nSPS) is 10.1. The van der Waals surface area contributed by atoms with Crippen molar-refractivity contribution < 1.29 is 9.84 Å². The topological polar surface area (TPSA) is 42.4 Å². The van der Waals surface area contributed by atoms with Crippen LogP contribution in [0.2, 0.25) is 0 Å². The number of hydrogen-bond acceptors (Lipinski definition) is 4. The minimum atomic E-state index is 0.270. The summed E-state index contributed by atoms with van der Waals surface area (Å²) in [6.07, 6.45) is 1.68. The van der Waals surface area contributed by atoms with Crippen LogP contribution < -0.4 is 4.74 Å². The average molecular weight is 233 g/mol. The molecule has 0 bridgehead atoms. The van der Waals surface area contributed by atoms with E-state index in [4.69, 9.17) is 9.84 Å². The molecule has 0 atom stereocenters. The molecule has 0 fully saturated rings. The van der Waals surface area contributed by atoms with Crippen molar-refractivity contribution >= 4 is 11.8 Å². The van der Waals surface area contributed by atoms with Gasteiger partial charge in [-0.2, -0.15) is 0 Å². The number of benzene rings is 1. The number of nitrogens with zero attached hydrogens (tertiary/aromatic N) is 1. The van der Waals surface area contributed by atoms with E-state index in [9.17, 15) is 0 Å². The van der Waals surface area contributed by atoms with E-state index in [1.165, 1.54) is 11.8 Å². The standard InChI is InChI=1S/C12H11NO2S/c1-15-10-4-7-12(13-8-10)16-11-5-2-9(14)3-6-11/h2-8,14H,1H3. The van der Waals surface area contributed by atoms with E-state index in [1.54, 1.807) is 25.4 Å². The highest BCUT2D eigenvalue weighted by molar-refractivity contribution is 7.99. The van der Waals surface area contributed by atoms with Gasteiger partial charge in [0.2, 0.25) is 0 Å². The van der Waals surface area contributed by atoms with Crippen LogP contribution in [0.1, 0.15) is 0 Å². The summed E-state index contributed by atoms with van der Waals surface area (Å²) in [5.74, 6) is 1.02. The van der Waals surface area contributed by atoms with Gasteiger partial charge in [0.15, 0.2) is 0 Å². The highest BCUT2D eigenvalue weighted by atomic mass is 32.2. The second-order valence-corrected chi connectivity index (χ2v) is 4.23. The number of aromatic hydroxyl groups is 1. The Bertz CT molecular complexity index is 453. The van der Waals surface area contributed by atoms with Crippen LogP contribution in [-0.4, -0.2) is 17.2 Å². The second kappa shape index (κ2) is 4.90. The lowest BCUT2D eigenvalue weighted by Crippen LogP contribution is -1.84. The number of methoxy groups -OCH3 is 1. The molecule has 2 rings (SSSR count). The van der Waals surface area contributed by atoms with Gasteiger partial charge in [-0.15, -0.1) is 0 Å². The maximum Gasteiger partial charge on any atom is 0.137 e. The highest BCUT2D eigenvalue weighted by Crippen LogP contribution is 2.27. The SMILES string of the molecule is COc1ccc(Sc2ccc(O)cc2)nc1. The molecule has 1 aromatic heterocycles. The summed E-state index contributed by atoms with van der Waals surface area (Å²) in [6.45, 7) is 0. The highest BCUT2D eigenvalue weighted by Gasteiger charge is 1.99. The summed E-state index contributed by atoms with van der Waals surface area (Å²) in [4.78, 5) is 5.28. The van der Waals surface area contributed by atoms with Crippen molar-refractivity contribution in [2.24, 2.45) is 0 Å². The van der Waals surface area contributed by atoms with Gasteiger partial charge < -0.3 is 9.84 Å². The van der Waals surface area contributed by atoms with E-state index in [-0.39, 0.29) is 5.75 Å². The number of phenols is 1. The number of hydrogen-bond donors (Lipinski definition) is 1. The van der Waals surface area contributed by atoms with Crippen molar-refractivity contribution in [3.8, 4) is 11.5 Å². The molecule has 3 nitrogen and oxygen atoms in total. The van der Waals surface area contributed by atoms with Crippen molar-refractivity contribution in [2.45, 2.75) is 9.92 Å². The molecule has 1 heterocycles. The Balaban J connectivity index is 2.11. The second-order valence-electron chi connectivity index (χ2n) is 3.13. The molecule has 2 aromatic rings. The zero-order valence-electron chi connectivity index (χ0n) is 8.75. The number of ether oxygens (including phenoxy) is 1. The Kier molecular flexibility index (Phi) is 3.31. The van der Waals surface area contributed by atoms with Gasteiger partial charge in [0.05, 0.1) is 13.3 Å². The summed E-state index contributed by atoms with van der Waals surface area (Å²) < 4.78 is 5.03. The first-order valence-electron chi connectivity index (χ1n) is 4.75. The van der Waals surface area contributed by atoms with Gasteiger partial charge in [0.1, 0.15) is 16.5 Å². The molecule has 0 aliphatic rings. The van der Waals surface area contributed by atoms with Crippen LogP contribution >= 0.6 is 11.8 Å². The number of rotatable bonds is 3. The molecule has 0 aliphatic heterocycles. The minimum absolute atomic E-state index is 0.270. The van der Waals surface area contributed by atoms with Gasteiger partial charge in [-0.1, -0.05) is 11.8 Å². The molecule has 4 heteroatoms. The summed E-state index contributed by atoms with van der Waals surface area (Å²) in [5.41, 5.74) is 0. The van der Waals surface area contributed by atoms with E-state index in [0.717, 1.165) is 15.7 Å². The average Bonchev–Trinajstić information content (AvgIpc) is 2.33. The molecule has 0 spiro atoms. The molecule has 0 aliphatic carbocycles. The maximum atomic E-state index is 9.15. The predicted octanol–water partition coefficient (Wildman–Crippen LogP) is 2.95. The first kappa shape index (κ1) is 10.8. The van der Waals surface area contributed by atoms with Crippen molar-refractivity contribution in [1.29, 1.82) is 0 Å². The third kappa shape index (κ3) is 2.67. The lowest BCUT2D eigenvalue weighted by atomic mass is 10.3. The Morgan fingerprint density at radius 3 is 2.44 bits per heavy atom. The molecule has 0 radical (unpaired) electrons. The number of aromatic nitrogens is 1. The smallest absolute Gasteiger partial charge is 0.137 e. The quantitative estimate of drug-likeness (QED) is 0.885. The predicted molar refractivity (Wildman–Crippen MR) is 63.0 cm³/mol. The molecule has 1 aromatic carbocycles. The molecule has 0 saturated carbocycles. The first-order chi connectivity index (χ1) is 7.78. The molecule has 0 saturated heterocycles. The van der Waals surface area contributed by atoms with E-state index >= 15 is 0 Å². The zero-order valence-corrected chi connectivity index (χ0v) is 9.57. The molecule has 1 N–H and O–H groups in total. The lowest BCUT2D eigenvalue weighted by molar-refractivity contribution is 0.412. The summed E-state index contributed by atoms with van der Waals surface area (Å²) in [5, 5.41) is 10.0. The van der Waals surface area contributed by atoms with Gasteiger partial charge in [-0.25, -0.2) is 4.98 Å². The lowest BCUT2D eigenvalue weighted by Gasteiger charge is -2.02. The van der Waals surface area contributed by atoms with E-state index < -0.39 is 0 Å². The summed E-state index contributed by atoms with van der Waals surface area (Å²) in [7, 11) is 1.61. The number of pyridine rings is 1. The van der Waals surface area contributed by atoms with Crippen LogP contribution in [0.5, 0.6) is 11.5 Å². The van der Waals surface area contributed by atoms with Gasteiger partial charge in [0, 0.05) is 4.90 Å². The largest absolute Gasteiger partial charge is 0.508 e. The van der Waals surface area contributed by atoms with Crippen molar-refractivity contribution in [2.75, 3.05) is 7.11 Å². The van der Waals surface area contributed by atoms with Gasteiger partial charge in [-0.05, 0) is 36.4 Å². The van der Waals surface area contributed by atoms with Gasteiger partial charge in [-0.3, -0.25) is 0 Å². The van der Waals surface area contributed by atoms with E-state index in [0.29, 0.717) is 0 Å². The minimum Gasteiger partial charge on any atom is -0.508 e. The van der Waals surface area contributed by atoms with E-state index in [1.807, 2.05) is 24.3 Å². The fourth-order valence-corrected chi connectivity index (χ4v) is 1.94. The Labute approximate surface area is 98.1 Å². The van der Waals surface area contributed by atoms with Crippen molar-refractivity contribution in [3.05, 3.63) is 42.6 Å². The van der Waals surface area contributed by atoms with Crippen LogP contribution in [0.15, 0.2) is 52.5 Å². The summed E-state index contributed by atoms with van der Waals surface area (Å²) >= 11 is 1.54. The molecule has 0 amide bonds. The van der Waals surface area contributed by atoms with Crippen LogP contribution in [0.3, 0.4) is 0 Å². The Morgan fingerprint density at radius 1 is 1.12 bits per heavy atom. The van der Waals surface area contributed by atoms with Crippen LogP contribution in [0.4, 0.5) is 0 Å². The Morgan fingerprint density at radius 2 is 1.88 bits per heavy atom. The number of phenolic OH excluding ortho intramolecular Hbond substituents is 1. The molecule has 82 valence electrons. The third-order valence-electron chi connectivity index (χ3n) is 2.00. The molecular formula is C12H11NO2S. The van der Waals surface area contributed by atoms with Crippen LogP contribution in [0, 0.1) is 0 Å². The third-order valence-corrected chi connectivity index (χ3v) is 2.96. The van der Waals surface area contributed by atoms with Crippen LogP contribution in [0.25, 0.3) is 0 Å². The fraction of sp³-hybridized carbons (Fsp3) is 0.0833. The molecule has 16 heavy (non-hydrogen) atoms. The van der Waals surface area contributed by atoms with Gasteiger partial charge >= 0.3 is 0 Å².